The molecule has 1 nitrogen and oxygen atoms in total. The smallest absolute Gasteiger partial charge is 0.0702 e. The van der Waals surface area contributed by atoms with Crippen molar-refractivity contribution < 1.29 is 5.11 Å². The van der Waals surface area contributed by atoms with Gasteiger partial charge in [0.25, 0.3) is 0 Å². The molecule has 1 N–H and O–H groups in total. The molecule has 3 unspecified atom stereocenters. The van der Waals surface area contributed by atoms with Crippen LogP contribution >= 0.6 is 0 Å². The highest BCUT2D eigenvalue weighted by atomic mass is 16.3. The second-order valence-electron chi connectivity index (χ2n) is 3.06. The summed E-state index contributed by atoms with van der Waals surface area (Å²) < 4.78 is 0. The number of hydrogen-bond donors (Lipinski definition) is 1. The molecule has 0 aliphatic heterocycles. The number of aliphatic hydroxyl groups is 1. The predicted molar refractivity (Wildman–Crippen MR) is 48.1 cm³/mol. The molecule has 0 aromatic heterocycles. The summed E-state index contributed by atoms with van der Waals surface area (Å²) in [6.45, 7) is 6.11. The van der Waals surface area contributed by atoms with Crippen LogP contribution in [0.25, 0.3) is 0 Å². The van der Waals surface area contributed by atoms with Crippen LogP contribution in [-0.4, -0.2) is 11.2 Å². The maximum absolute atomic E-state index is 9.63. The number of rotatable bonds is 4. The van der Waals surface area contributed by atoms with Crippen molar-refractivity contribution in [3.8, 4) is 12.3 Å². The first-order valence-corrected chi connectivity index (χ1v) is 4.31. The van der Waals surface area contributed by atoms with Crippen molar-refractivity contribution in [3.63, 3.8) is 0 Å². The second-order valence-corrected chi connectivity index (χ2v) is 3.06. The van der Waals surface area contributed by atoms with Gasteiger partial charge in [-0.05, 0) is 12.3 Å². The number of aliphatic hydroxyl groups excluding tert-OH is 1. The Balaban J connectivity index is 3.99. The fourth-order valence-corrected chi connectivity index (χ4v) is 1.10. The minimum absolute atomic E-state index is 0.0324. The third-order valence-corrected chi connectivity index (χ3v) is 2.29. The van der Waals surface area contributed by atoms with Crippen LogP contribution in [0.3, 0.4) is 0 Å². The first kappa shape index (κ1) is 10.5. The SMILES string of the molecule is C#CC(CC)C(O)C(C)CC. The van der Waals surface area contributed by atoms with E-state index in [2.05, 4.69) is 12.8 Å². The van der Waals surface area contributed by atoms with Gasteiger partial charge in [0.1, 0.15) is 0 Å². The minimum Gasteiger partial charge on any atom is -0.392 e. The van der Waals surface area contributed by atoms with Crippen molar-refractivity contribution in [3.05, 3.63) is 0 Å². The third-order valence-electron chi connectivity index (χ3n) is 2.29. The Labute approximate surface area is 69.8 Å². The molecule has 0 amide bonds. The van der Waals surface area contributed by atoms with E-state index in [1.54, 1.807) is 0 Å². The Morgan fingerprint density at radius 3 is 2.18 bits per heavy atom. The van der Waals surface area contributed by atoms with Crippen LogP contribution in [0.5, 0.6) is 0 Å². The van der Waals surface area contributed by atoms with Crippen LogP contribution in [0.2, 0.25) is 0 Å². The van der Waals surface area contributed by atoms with Gasteiger partial charge in [0.15, 0.2) is 0 Å². The number of terminal acetylenes is 1. The molecule has 3 atom stereocenters. The molecule has 0 radical (unpaired) electrons. The first-order chi connectivity index (χ1) is 5.17. The molecule has 0 aromatic carbocycles. The quantitative estimate of drug-likeness (QED) is 0.614. The zero-order valence-corrected chi connectivity index (χ0v) is 7.67. The molecule has 1 heteroatoms. The Kier molecular flexibility index (Phi) is 4.98. The molecule has 11 heavy (non-hydrogen) atoms. The lowest BCUT2D eigenvalue weighted by molar-refractivity contribution is 0.0768. The van der Waals surface area contributed by atoms with E-state index < -0.39 is 0 Å². The largest absolute Gasteiger partial charge is 0.392 e. The molecule has 0 aliphatic rings. The van der Waals surface area contributed by atoms with Crippen molar-refractivity contribution in [2.24, 2.45) is 11.8 Å². The molecule has 0 saturated carbocycles. The van der Waals surface area contributed by atoms with Crippen molar-refractivity contribution >= 4 is 0 Å². The van der Waals surface area contributed by atoms with Gasteiger partial charge in [-0.25, -0.2) is 0 Å². The van der Waals surface area contributed by atoms with Crippen molar-refractivity contribution in [1.82, 2.24) is 0 Å². The van der Waals surface area contributed by atoms with E-state index in [0.29, 0.717) is 5.92 Å². The average molecular weight is 154 g/mol. The topological polar surface area (TPSA) is 20.2 Å². The van der Waals surface area contributed by atoms with E-state index in [1.165, 1.54) is 0 Å². The van der Waals surface area contributed by atoms with Gasteiger partial charge in [-0.15, -0.1) is 12.3 Å². The van der Waals surface area contributed by atoms with Crippen molar-refractivity contribution in [2.45, 2.75) is 39.7 Å². The fourth-order valence-electron chi connectivity index (χ4n) is 1.10. The Bertz CT molecular complexity index is 134. The molecule has 0 rings (SSSR count). The molecule has 0 bridgehead atoms. The molecule has 0 spiro atoms. The van der Waals surface area contributed by atoms with Gasteiger partial charge in [-0.1, -0.05) is 27.2 Å². The van der Waals surface area contributed by atoms with Crippen molar-refractivity contribution in [1.29, 1.82) is 0 Å². The Morgan fingerprint density at radius 1 is 1.36 bits per heavy atom. The lowest BCUT2D eigenvalue weighted by Gasteiger charge is -2.21. The summed E-state index contributed by atoms with van der Waals surface area (Å²) in [5.41, 5.74) is 0. The van der Waals surface area contributed by atoms with E-state index >= 15 is 0 Å². The highest BCUT2D eigenvalue weighted by Gasteiger charge is 2.19. The first-order valence-electron chi connectivity index (χ1n) is 4.31. The van der Waals surface area contributed by atoms with Crippen molar-refractivity contribution in [2.75, 3.05) is 0 Å². The average Bonchev–Trinajstić information content (AvgIpc) is 2.05. The van der Waals surface area contributed by atoms with Gasteiger partial charge in [-0.2, -0.15) is 0 Å². The molecule has 64 valence electrons. The van der Waals surface area contributed by atoms with E-state index in [9.17, 15) is 5.11 Å². The monoisotopic (exact) mass is 154 g/mol. The summed E-state index contributed by atoms with van der Waals surface area (Å²) in [6.07, 6.45) is 6.79. The van der Waals surface area contributed by atoms with Crippen LogP contribution < -0.4 is 0 Å². The van der Waals surface area contributed by atoms with Crippen LogP contribution in [0.4, 0.5) is 0 Å². The molecule has 0 aromatic rings. The summed E-state index contributed by atoms with van der Waals surface area (Å²) in [7, 11) is 0. The lowest BCUT2D eigenvalue weighted by Crippen LogP contribution is -2.25. The Hall–Kier alpha value is -0.480. The fraction of sp³-hybridized carbons (Fsp3) is 0.800. The maximum atomic E-state index is 9.63. The van der Waals surface area contributed by atoms with Gasteiger partial charge in [-0.3, -0.25) is 0 Å². The molecule has 0 saturated heterocycles. The zero-order valence-electron chi connectivity index (χ0n) is 7.67. The predicted octanol–water partition coefficient (Wildman–Crippen LogP) is 2.05. The van der Waals surface area contributed by atoms with E-state index in [-0.39, 0.29) is 12.0 Å². The standard InChI is InChI=1S/C10H18O/c1-5-8(4)10(11)9(6-2)7-3/h2,8-11H,5,7H2,1,3-4H3. The lowest BCUT2D eigenvalue weighted by atomic mass is 9.89. The molecular weight excluding hydrogens is 136 g/mol. The summed E-state index contributed by atoms with van der Waals surface area (Å²) in [5, 5.41) is 9.63. The van der Waals surface area contributed by atoms with Crippen LogP contribution in [0, 0.1) is 24.2 Å². The highest BCUT2D eigenvalue weighted by Crippen LogP contribution is 2.17. The van der Waals surface area contributed by atoms with Crippen LogP contribution in [0.15, 0.2) is 0 Å². The summed E-state index contributed by atoms with van der Waals surface area (Å²) in [6, 6.07) is 0. The van der Waals surface area contributed by atoms with Gasteiger partial charge in [0, 0.05) is 5.92 Å². The molecule has 0 aliphatic carbocycles. The molecular formula is C10H18O. The van der Waals surface area contributed by atoms with E-state index in [1.807, 2.05) is 13.8 Å². The van der Waals surface area contributed by atoms with Gasteiger partial charge < -0.3 is 5.11 Å². The number of hydrogen-bond acceptors (Lipinski definition) is 1. The van der Waals surface area contributed by atoms with Crippen LogP contribution in [0.1, 0.15) is 33.6 Å². The van der Waals surface area contributed by atoms with E-state index in [0.717, 1.165) is 12.8 Å². The normalized spacial score (nSPS) is 18.5. The zero-order chi connectivity index (χ0) is 8.85. The van der Waals surface area contributed by atoms with Gasteiger partial charge in [0.2, 0.25) is 0 Å². The third kappa shape index (κ3) is 2.95. The second kappa shape index (κ2) is 5.21. The summed E-state index contributed by atoms with van der Waals surface area (Å²) >= 11 is 0. The molecule has 0 fully saturated rings. The minimum atomic E-state index is -0.324. The van der Waals surface area contributed by atoms with Gasteiger partial charge >= 0.3 is 0 Å². The van der Waals surface area contributed by atoms with Gasteiger partial charge in [0.05, 0.1) is 6.10 Å². The van der Waals surface area contributed by atoms with E-state index in [4.69, 9.17) is 6.42 Å². The summed E-state index contributed by atoms with van der Waals surface area (Å²) in [5.74, 6) is 2.96. The highest BCUT2D eigenvalue weighted by molar-refractivity contribution is 4.96. The Morgan fingerprint density at radius 2 is 1.91 bits per heavy atom. The summed E-state index contributed by atoms with van der Waals surface area (Å²) in [4.78, 5) is 0. The van der Waals surface area contributed by atoms with Crippen LogP contribution in [-0.2, 0) is 0 Å². The molecule has 0 heterocycles. The maximum Gasteiger partial charge on any atom is 0.0702 e.